The van der Waals surface area contributed by atoms with Crippen molar-refractivity contribution in [2.75, 3.05) is 13.1 Å². The summed E-state index contributed by atoms with van der Waals surface area (Å²) in [6.45, 7) is 1.48. The smallest absolute Gasteiger partial charge is 0.0106 e. The Morgan fingerprint density at radius 3 is 2.30 bits per heavy atom. The zero-order chi connectivity index (χ0) is 7.66. The topological polar surface area (TPSA) is 52.0 Å². The first-order valence-corrected chi connectivity index (χ1v) is 3.97. The highest BCUT2D eigenvalue weighted by molar-refractivity contribution is 4.81. The van der Waals surface area contributed by atoms with Crippen LogP contribution in [0, 0.1) is 0 Å². The van der Waals surface area contributed by atoms with Crippen LogP contribution >= 0.6 is 0 Å². The molecule has 0 aromatic rings. The summed E-state index contributed by atoms with van der Waals surface area (Å²) in [4.78, 5) is 0. The standard InChI is InChI=1S/C8H18N2/c9-7-5-3-1-2-4-6-8-10/h3,5H,1-2,4,6-10H2/b5-3-. The molecule has 0 aliphatic carbocycles. The molecule has 2 heteroatoms. The monoisotopic (exact) mass is 142 g/mol. The lowest BCUT2D eigenvalue weighted by Crippen LogP contribution is -1.97. The average Bonchev–Trinajstić information content (AvgIpc) is 1.97. The molecule has 0 atom stereocenters. The Balaban J connectivity index is 2.83. The van der Waals surface area contributed by atoms with Gasteiger partial charge in [-0.3, -0.25) is 0 Å². The Bertz CT molecular complexity index is 79.3. The van der Waals surface area contributed by atoms with E-state index in [0.29, 0.717) is 6.54 Å². The SMILES string of the molecule is NC/C=C\CCCCCN. The molecule has 60 valence electrons. The molecule has 0 aliphatic heterocycles. The van der Waals surface area contributed by atoms with Crippen LogP contribution in [0.2, 0.25) is 0 Å². The maximum absolute atomic E-state index is 5.33. The van der Waals surface area contributed by atoms with Gasteiger partial charge in [0.25, 0.3) is 0 Å². The first-order valence-electron chi connectivity index (χ1n) is 3.97. The third kappa shape index (κ3) is 7.66. The van der Waals surface area contributed by atoms with Gasteiger partial charge in [0.05, 0.1) is 0 Å². The van der Waals surface area contributed by atoms with E-state index in [1.165, 1.54) is 12.8 Å². The number of unbranched alkanes of at least 4 members (excludes halogenated alkanes) is 3. The van der Waals surface area contributed by atoms with Crippen LogP contribution in [0.5, 0.6) is 0 Å². The van der Waals surface area contributed by atoms with Gasteiger partial charge in [0.2, 0.25) is 0 Å². The molecule has 0 saturated heterocycles. The zero-order valence-electron chi connectivity index (χ0n) is 6.55. The second-order valence-corrected chi connectivity index (χ2v) is 2.35. The summed E-state index contributed by atoms with van der Waals surface area (Å²) in [5, 5.41) is 0. The number of allylic oxidation sites excluding steroid dienone is 1. The molecule has 0 heterocycles. The van der Waals surface area contributed by atoms with Gasteiger partial charge in [-0.25, -0.2) is 0 Å². The van der Waals surface area contributed by atoms with Crippen LogP contribution in [0.4, 0.5) is 0 Å². The van der Waals surface area contributed by atoms with Crippen molar-refractivity contribution in [1.82, 2.24) is 0 Å². The van der Waals surface area contributed by atoms with Crippen molar-refractivity contribution in [3.05, 3.63) is 12.2 Å². The lowest BCUT2D eigenvalue weighted by atomic mass is 10.2. The molecule has 0 rings (SSSR count). The Morgan fingerprint density at radius 1 is 0.900 bits per heavy atom. The quantitative estimate of drug-likeness (QED) is 0.430. The number of rotatable bonds is 6. The lowest BCUT2D eigenvalue weighted by molar-refractivity contribution is 0.695. The third-order valence-corrected chi connectivity index (χ3v) is 1.38. The molecule has 0 spiro atoms. The van der Waals surface area contributed by atoms with Crippen molar-refractivity contribution in [2.24, 2.45) is 11.5 Å². The highest BCUT2D eigenvalue weighted by atomic mass is 14.5. The summed E-state index contributed by atoms with van der Waals surface area (Å²) in [5.41, 5.74) is 10.6. The number of nitrogens with two attached hydrogens (primary N) is 2. The molecule has 0 radical (unpaired) electrons. The first-order chi connectivity index (χ1) is 4.91. The molecule has 0 aromatic heterocycles. The van der Waals surface area contributed by atoms with E-state index >= 15 is 0 Å². The lowest BCUT2D eigenvalue weighted by Gasteiger charge is -1.93. The van der Waals surface area contributed by atoms with E-state index in [1.807, 2.05) is 6.08 Å². The van der Waals surface area contributed by atoms with Crippen molar-refractivity contribution in [2.45, 2.75) is 25.7 Å². The van der Waals surface area contributed by atoms with Crippen molar-refractivity contribution < 1.29 is 0 Å². The molecule has 0 aromatic carbocycles. The summed E-state index contributed by atoms with van der Waals surface area (Å²) in [5.74, 6) is 0. The van der Waals surface area contributed by atoms with Gasteiger partial charge in [0.1, 0.15) is 0 Å². The van der Waals surface area contributed by atoms with E-state index < -0.39 is 0 Å². The predicted octanol–water partition coefficient (Wildman–Crippen LogP) is 1.02. The van der Waals surface area contributed by atoms with Gasteiger partial charge < -0.3 is 11.5 Å². The van der Waals surface area contributed by atoms with E-state index in [1.54, 1.807) is 0 Å². The van der Waals surface area contributed by atoms with Crippen LogP contribution in [-0.4, -0.2) is 13.1 Å². The van der Waals surface area contributed by atoms with E-state index in [-0.39, 0.29) is 0 Å². The van der Waals surface area contributed by atoms with Gasteiger partial charge >= 0.3 is 0 Å². The van der Waals surface area contributed by atoms with Crippen molar-refractivity contribution in [1.29, 1.82) is 0 Å². The summed E-state index contributed by atoms with van der Waals surface area (Å²) in [6, 6.07) is 0. The van der Waals surface area contributed by atoms with Gasteiger partial charge in [0.15, 0.2) is 0 Å². The Hall–Kier alpha value is -0.340. The largest absolute Gasteiger partial charge is 0.330 e. The Morgan fingerprint density at radius 2 is 1.70 bits per heavy atom. The molecular weight excluding hydrogens is 124 g/mol. The molecule has 10 heavy (non-hydrogen) atoms. The fraction of sp³-hybridized carbons (Fsp3) is 0.750. The predicted molar refractivity (Wildman–Crippen MR) is 45.7 cm³/mol. The Labute approximate surface area is 63.3 Å². The molecule has 0 unspecified atom stereocenters. The third-order valence-electron chi connectivity index (χ3n) is 1.38. The van der Waals surface area contributed by atoms with Crippen LogP contribution in [0.25, 0.3) is 0 Å². The summed E-state index contributed by atoms with van der Waals surface area (Å²) in [7, 11) is 0. The van der Waals surface area contributed by atoms with Gasteiger partial charge in [-0.2, -0.15) is 0 Å². The van der Waals surface area contributed by atoms with Gasteiger partial charge in [0, 0.05) is 6.54 Å². The minimum atomic E-state index is 0.664. The maximum Gasteiger partial charge on any atom is 0.0106 e. The molecule has 0 amide bonds. The van der Waals surface area contributed by atoms with E-state index in [0.717, 1.165) is 19.4 Å². The molecule has 4 N–H and O–H groups in total. The van der Waals surface area contributed by atoms with E-state index in [4.69, 9.17) is 11.5 Å². The maximum atomic E-state index is 5.33. The summed E-state index contributed by atoms with van der Waals surface area (Å²) in [6.07, 6.45) is 8.92. The molecule has 0 saturated carbocycles. The molecule has 2 nitrogen and oxygen atoms in total. The highest BCUT2D eigenvalue weighted by Crippen LogP contribution is 1.98. The summed E-state index contributed by atoms with van der Waals surface area (Å²) < 4.78 is 0. The van der Waals surface area contributed by atoms with Crippen LogP contribution < -0.4 is 11.5 Å². The second kappa shape index (κ2) is 8.66. The minimum absolute atomic E-state index is 0.664. The van der Waals surface area contributed by atoms with Crippen LogP contribution in [0.15, 0.2) is 12.2 Å². The minimum Gasteiger partial charge on any atom is -0.330 e. The molecule has 0 bridgehead atoms. The van der Waals surface area contributed by atoms with E-state index in [2.05, 4.69) is 6.08 Å². The normalized spacial score (nSPS) is 11.0. The van der Waals surface area contributed by atoms with Gasteiger partial charge in [-0.15, -0.1) is 0 Å². The summed E-state index contributed by atoms with van der Waals surface area (Å²) >= 11 is 0. The molecular formula is C8H18N2. The zero-order valence-corrected chi connectivity index (χ0v) is 6.55. The number of hydrogen-bond donors (Lipinski definition) is 2. The average molecular weight is 142 g/mol. The van der Waals surface area contributed by atoms with Crippen molar-refractivity contribution in [3.8, 4) is 0 Å². The van der Waals surface area contributed by atoms with Gasteiger partial charge in [-0.05, 0) is 25.8 Å². The first kappa shape index (κ1) is 9.66. The van der Waals surface area contributed by atoms with Crippen molar-refractivity contribution in [3.63, 3.8) is 0 Å². The molecule has 0 fully saturated rings. The number of hydrogen-bond acceptors (Lipinski definition) is 2. The van der Waals surface area contributed by atoms with Crippen molar-refractivity contribution >= 4 is 0 Å². The fourth-order valence-electron chi connectivity index (χ4n) is 0.797. The fourth-order valence-corrected chi connectivity index (χ4v) is 0.797. The Kier molecular flexibility index (Phi) is 8.37. The second-order valence-electron chi connectivity index (χ2n) is 2.35. The van der Waals surface area contributed by atoms with Crippen LogP contribution in [-0.2, 0) is 0 Å². The van der Waals surface area contributed by atoms with Gasteiger partial charge in [-0.1, -0.05) is 18.6 Å². The molecule has 0 aliphatic rings. The van der Waals surface area contributed by atoms with Crippen LogP contribution in [0.3, 0.4) is 0 Å². The van der Waals surface area contributed by atoms with E-state index in [9.17, 15) is 0 Å². The van der Waals surface area contributed by atoms with Crippen LogP contribution in [0.1, 0.15) is 25.7 Å². The highest BCUT2D eigenvalue weighted by Gasteiger charge is 1.82.